The number of sulfonamides is 1. The summed E-state index contributed by atoms with van der Waals surface area (Å²) < 4.78 is 38.1. The number of aryl methyl sites for hydroxylation is 2. The highest BCUT2D eigenvalue weighted by Gasteiger charge is 2.31. The van der Waals surface area contributed by atoms with Crippen LogP contribution in [0.4, 0.5) is 5.69 Å². The molecule has 0 aliphatic carbocycles. The Labute approximate surface area is 187 Å². The van der Waals surface area contributed by atoms with Crippen LogP contribution >= 0.6 is 11.6 Å². The summed E-state index contributed by atoms with van der Waals surface area (Å²) in [6.45, 7) is 3.35. The molecule has 0 unspecified atom stereocenters. The predicted molar refractivity (Wildman–Crippen MR) is 121 cm³/mol. The molecule has 1 amide bonds. The first-order valence-electron chi connectivity index (χ1n) is 9.40. The number of rotatable bonds is 7. The lowest BCUT2D eigenvalue weighted by Crippen LogP contribution is -2.40. The first kappa shape index (κ1) is 22.7. The Balaban J connectivity index is 1.99. The van der Waals surface area contributed by atoms with Gasteiger partial charge >= 0.3 is 0 Å². The summed E-state index contributed by atoms with van der Waals surface area (Å²) in [7, 11) is -2.76. The van der Waals surface area contributed by atoms with Gasteiger partial charge in [-0.2, -0.15) is 4.31 Å². The highest BCUT2D eigenvalue weighted by atomic mass is 35.5. The molecule has 0 bridgehead atoms. The molecule has 0 heterocycles. The van der Waals surface area contributed by atoms with Crippen LogP contribution < -0.4 is 13.8 Å². The quantitative estimate of drug-likeness (QED) is 0.509. The summed E-state index contributed by atoms with van der Waals surface area (Å²) in [5.41, 5.74) is 2.03. The van der Waals surface area contributed by atoms with Gasteiger partial charge in [0, 0.05) is 0 Å². The zero-order valence-electron chi connectivity index (χ0n) is 17.3. The maximum atomic E-state index is 13.3. The van der Waals surface area contributed by atoms with Crippen molar-refractivity contribution in [2.45, 2.75) is 18.7 Å². The summed E-state index contributed by atoms with van der Waals surface area (Å²) in [5.74, 6) is 0.0846. The first-order chi connectivity index (χ1) is 14.7. The average Bonchev–Trinajstić information content (AvgIpc) is 2.72. The van der Waals surface area contributed by atoms with Crippen molar-refractivity contribution in [1.29, 1.82) is 0 Å². The molecule has 0 saturated heterocycles. The van der Waals surface area contributed by atoms with Gasteiger partial charge in [-0.15, -0.1) is 0 Å². The second kappa shape index (κ2) is 9.41. The Bertz CT molecular complexity index is 1180. The molecular formula is C23H22ClNO5S. The number of carbonyl (C=O) groups is 1. The largest absolute Gasteiger partial charge is 0.495 e. The van der Waals surface area contributed by atoms with Crippen LogP contribution in [0.2, 0.25) is 5.02 Å². The molecule has 0 spiro atoms. The first-order valence-corrected chi connectivity index (χ1v) is 11.2. The third-order valence-electron chi connectivity index (χ3n) is 4.44. The lowest BCUT2D eigenvalue weighted by Gasteiger charge is -2.23. The number of nitrogens with zero attached hydrogens (tertiary/aromatic N) is 1. The summed E-state index contributed by atoms with van der Waals surface area (Å²) >= 11 is 6.19. The van der Waals surface area contributed by atoms with Crippen LogP contribution in [-0.4, -0.2) is 28.0 Å². The predicted octanol–water partition coefficient (Wildman–Crippen LogP) is 4.77. The molecule has 0 aliphatic heterocycles. The third kappa shape index (κ3) is 5.18. The highest BCUT2D eigenvalue weighted by molar-refractivity contribution is 7.93. The fourth-order valence-corrected chi connectivity index (χ4v) is 4.79. The van der Waals surface area contributed by atoms with Crippen molar-refractivity contribution in [2.75, 3.05) is 18.0 Å². The lowest BCUT2D eigenvalue weighted by molar-refractivity contribution is -0.119. The summed E-state index contributed by atoms with van der Waals surface area (Å²) in [4.78, 5) is 13.1. The fraction of sp³-hybridized carbons (Fsp3) is 0.174. The van der Waals surface area contributed by atoms with Crippen molar-refractivity contribution in [1.82, 2.24) is 0 Å². The van der Waals surface area contributed by atoms with Crippen molar-refractivity contribution < 1.29 is 22.7 Å². The van der Waals surface area contributed by atoms with E-state index in [1.807, 2.05) is 19.9 Å². The van der Waals surface area contributed by atoms with Crippen molar-refractivity contribution in [3.63, 3.8) is 0 Å². The van der Waals surface area contributed by atoms with Crippen LogP contribution in [0.5, 0.6) is 11.5 Å². The van der Waals surface area contributed by atoms with E-state index in [4.69, 9.17) is 21.1 Å². The second-order valence-electron chi connectivity index (χ2n) is 6.91. The summed E-state index contributed by atoms with van der Waals surface area (Å²) in [6, 6.07) is 17.6. The van der Waals surface area contributed by atoms with Gasteiger partial charge in [0.2, 0.25) is 0 Å². The molecule has 0 fully saturated rings. The summed E-state index contributed by atoms with van der Waals surface area (Å²) in [6.07, 6.45) is 0. The van der Waals surface area contributed by atoms with E-state index >= 15 is 0 Å². The number of hydrogen-bond donors (Lipinski definition) is 0. The number of halogens is 1. The maximum absolute atomic E-state index is 13.3. The molecule has 6 nitrogen and oxygen atoms in total. The minimum absolute atomic E-state index is 0.0262. The molecule has 0 radical (unpaired) electrons. The number of hydrogen-bond acceptors (Lipinski definition) is 5. The van der Waals surface area contributed by atoms with Gasteiger partial charge < -0.3 is 9.47 Å². The number of methoxy groups -OCH3 is 1. The molecule has 8 heteroatoms. The second-order valence-corrected chi connectivity index (χ2v) is 9.10. The lowest BCUT2D eigenvalue weighted by atomic mass is 10.1. The van der Waals surface area contributed by atoms with Crippen LogP contribution in [0.3, 0.4) is 0 Å². The van der Waals surface area contributed by atoms with Crippen molar-refractivity contribution >= 4 is 33.2 Å². The maximum Gasteiger partial charge on any atom is 0.278 e. The number of ether oxygens (including phenoxy) is 2. The Hall–Kier alpha value is -3.03. The highest BCUT2D eigenvalue weighted by Crippen LogP contribution is 2.32. The van der Waals surface area contributed by atoms with E-state index in [9.17, 15) is 13.2 Å². The van der Waals surface area contributed by atoms with E-state index in [0.717, 1.165) is 11.1 Å². The molecule has 0 atom stereocenters. The molecule has 3 rings (SSSR count). The van der Waals surface area contributed by atoms with Crippen LogP contribution in [0.15, 0.2) is 71.6 Å². The van der Waals surface area contributed by atoms with Crippen LogP contribution in [0.25, 0.3) is 0 Å². The number of benzene rings is 3. The molecule has 3 aromatic carbocycles. The topological polar surface area (TPSA) is 72.9 Å². The van der Waals surface area contributed by atoms with E-state index in [-0.39, 0.29) is 15.6 Å². The van der Waals surface area contributed by atoms with E-state index in [0.29, 0.717) is 15.8 Å². The average molecular weight is 460 g/mol. The Morgan fingerprint density at radius 2 is 1.61 bits per heavy atom. The molecule has 31 heavy (non-hydrogen) atoms. The van der Waals surface area contributed by atoms with Crippen molar-refractivity contribution in [2.24, 2.45) is 0 Å². The molecule has 3 aromatic rings. The van der Waals surface area contributed by atoms with Gasteiger partial charge in [0.1, 0.15) is 11.5 Å². The van der Waals surface area contributed by atoms with Crippen LogP contribution in [-0.2, 0) is 14.8 Å². The summed E-state index contributed by atoms with van der Waals surface area (Å²) in [5, 5.41) is 0.177. The van der Waals surface area contributed by atoms with Gasteiger partial charge in [-0.05, 0) is 67.4 Å². The van der Waals surface area contributed by atoms with Crippen molar-refractivity contribution in [3.05, 3.63) is 82.9 Å². The zero-order chi connectivity index (χ0) is 22.6. The minimum atomic E-state index is -4.21. The van der Waals surface area contributed by atoms with E-state index in [1.54, 1.807) is 30.3 Å². The minimum Gasteiger partial charge on any atom is -0.495 e. The molecule has 162 valence electrons. The van der Waals surface area contributed by atoms with Gasteiger partial charge in [-0.3, -0.25) is 4.79 Å². The van der Waals surface area contributed by atoms with Gasteiger partial charge in [0.15, 0.2) is 6.61 Å². The molecule has 0 saturated carbocycles. The number of carbonyl (C=O) groups excluding carboxylic acids is 1. The van der Waals surface area contributed by atoms with Gasteiger partial charge in [-0.1, -0.05) is 35.9 Å². The van der Waals surface area contributed by atoms with Gasteiger partial charge in [-0.25, -0.2) is 8.42 Å². The van der Waals surface area contributed by atoms with Crippen LogP contribution in [0, 0.1) is 13.8 Å². The molecular weight excluding hydrogens is 438 g/mol. The van der Waals surface area contributed by atoms with Gasteiger partial charge in [0.25, 0.3) is 15.9 Å². The van der Waals surface area contributed by atoms with Crippen molar-refractivity contribution in [3.8, 4) is 11.5 Å². The van der Waals surface area contributed by atoms with E-state index in [1.165, 1.54) is 37.4 Å². The fourth-order valence-electron chi connectivity index (χ4n) is 3.12. The zero-order valence-corrected chi connectivity index (χ0v) is 18.9. The van der Waals surface area contributed by atoms with E-state index in [2.05, 4.69) is 0 Å². The Morgan fingerprint density at radius 1 is 0.968 bits per heavy atom. The smallest absolute Gasteiger partial charge is 0.278 e. The number of amides is 1. The van der Waals surface area contributed by atoms with Crippen LogP contribution in [0.1, 0.15) is 11.1 Å². The molecule has 0 aliphatic rings. The standard InChI is InChI=1S/C23H22ClNO5S/c1-16-11-17(2)13-19(12-16)30-15-23(26)25(18-9-10-22(29-3)21(24)14-18)31(27,28)20-7-5-4-6-8-20/h4-14H,15H2,1-3H3. The van der Waals surface area contributed by atoms with Gasteiger partial charge in [0.05, 0.1) is 22.7 Å². The number of anilines is 1. The normalized spacial score (nSPS) is 11.1. The SMILES string of the molecule is COc1ccc(N(C(=O)COc2cc(C)cc(C)c2)S(=O)(=O)c2ccccc2)cc1Cl. The Kier molecular flexibility index (Phi) is 6.87. The Morgan fingerprint density at radius 3 is 2.19 bits per heavy atom. The third-order valence-corrected chi connectivity index (χ3v) is 6.49. The van der Waals surface area contributed by atoms with E-state index < -0.39 is 22.5 Å². The monoisotopic (exact) mass is 459 g/mol. The molecule has 0 N–H and O–H groups in total. The molecule has 0 aromatic heterocycles.